The molecule has 0 radical (unpaired) electrons. The third-order valence-electron chi connectivity index (χ3n) is 2.16. The summed E-state index contributed by atoms with van der Waals surface area (Å²) in [5, 5.41) is 9.40. The van der Waals surface area contributed by atoms with E-state index >= 15 is 0 Å². The first-order valence-corrected chi connectivity index (χ1v) is 5.75. The highest BCUT2D eigenvalue weighted by Crippen LogP contribution is 2.21. The summed E-state index contributed by atoms with van der Waals surface area (Å²) in [5.41, 5.74) is 1.32. The number of carbonyl (C=O) groups excluding carboxylic acids is 1. The molecular weight excluding hydrogens is 222 g/mol. The molecule has 0 aliphatic carbocycles. The van der Waals surface area contributed by atoms with Gasteiger partial charge in [0.05, 0.1) is 23.9 Å². The smallest absolute Gasteiger partial charge is 0.220 e. The molecular formula is C11H9N3OS. The molecule has 0 aromatic heterocycles. The minimum absolute atomic E-state index is 0.579. The van der Waals surface area contributed by atoms with Crippen LogP contribution in [-0.2, 0) is 4.79 Å². The molecule has 5 heteroatoms. The third kappa shape index (κ3) is 2.07. The molecule has 1 heterocycles. The van der Waals surface area contributed by atoms with Crippen LogP contribution < -0.4 is 4.90 Å². The van der Waals surface area contributed by atoms with Crippen molar-refractivity contribution >= 4 is 29.0 Å². The number of amidine groups is 1. The van der Waals surface area contributed by atoms with Gasteiger partial charge in [-0.3, -0.25) is 14.7 Å². The van der Waals surface area contributed by atoms with E-state index in [4.69, 9.17) is 5.26 Å². The number of benzene rings is 1. The molecule has 0 bridgehead atoms. The summed E-state index contributed by atoms with van der Waals surface area (Å²) < 4.78 is 0. The number of hydrogen-bond donors (Lipinski definition) is 0. The SMILES string of the molecule is N#Cc1ccc(N(C=O)C2=NCCS2)cc1. The van der Waals surface area contributed by atoms with Gasteiger partial charge in [-0.15, -0.1) is 0 Å². The lowest BCUT2D eigenvalue weighted by molar-refractivity contribution is -0.106. The Bertz CT molecular complexity index is 461. The van der Waals surface area contributed by atoms with Gasteiger partial charge in [-0.05, 0) is 24.3 Å². The molecule has 4 nitrogen and oxygen atoms in total. The van der Waals surface area contributed by atoms with Crippen LogP contribution in [-0.4, -0.2) is 23.9 Å². The lowest BCUT2D eigenvalue weighted by Gasteiger charge is -2.15. The van der Waals surface area contributed by atoms with E-state index in [1.165, 1.54) is 4.90 Å². The van der Waals surface area contributed by atoms with Gasteiger partial charge in [-0.2, -0.15) is 5.26 Å². The summed E-state index contributed by atoms with van der Waals surface area (Å²) in [4.78, 5) is 16.7. The molecule has 0 N–H and O–H groups in total. The quantitative estimate of drug-likeness (QED) is 0.727. The molecule has 1 amide bonds. The van der Waals surface area contributed by atoms with Crippen molar-refractivity contribution in [2.24, 2.45) is 4.99 Å². The summed E-state index contributed by atoms with van der Waals surface area (Å²) in [6.07, 6.45) is 0.749. The van der Waals surface area contributed by atoms with E-state index in [1.807, 2.05) is 6.07 Å². The highest BCUT2D eigenvalue weighted by Gasteiger charge is 2.16. The predicted molar refractivity (Wildman–Crippen MR) is 64.5 cm³/mol. The number of anilines is 1. The van der Waals surface area contributed by atoms with Gasteiger partial charge in [-0.1, -0.05) is 11.8 Å². The number of nitrogens with zero attached hydrogens (tertiary/aromatic N) is 3. The molecule has 16 heavy (non-hydrogen) atoms. The van der Waals surface area contributed by atoms with E-state index in [0.717, 1.165) is 29.6 Å². The number of aliphatic imine (C=N–C) groups is 1. The van der Waals surface area contributed by atoms with Crippen LogP contribution in [0.1, 0.15) is 5.56 Å². The molecule has 0 atom stereocenters. The normalized spacial score (nSPS) is 14.1. The Hall–Kier alpha value is -1.80. The Morgan fingerprint density at radius 3 is 2.69 bits per heavy atom. The van der Waals surface area contributed by atoms with Gasteiger partial charge in [0.1, 0.15) is 0 Å². The number of carbonyl (C=O) groups is 1. The van der Waals surface area contributed by atoms with E-state index in [-0.39, 0.29) is 0 Å². The Morgan fingerprint density at radius 1 is 1.44 bits per heavy atom. The van der Waals surface area contributed by atoms with E-state index < -0.39 is 0 Å². The van der Waals surface area contributed by atoms with Crippen molar-refractivity contribution < 1.29 is 4.79 Å². The number of nitriles is 1. The van der Waals surface area contributed by atoms with E-state index in [2.05, 4.69) is 4.99 Å². The molecule has 1 aromatic carbocycles. The third-order valence-corrected chi connectivity index (χ3v) is 3.13. The summed E-state index contributed by atoms with van der Waals surface area (Å²) in [6, 6.07) is 8.90. The topological polar surface area (TPSA) is 56.5 Å². The highest BCUT2D eigenvalue weighted by molar-refractivity contribution is 8.14. The summed E-state index contributed by atoms with van der Waals surface area (Å²) in [5.74, 6) is 0.913. The second kappa shape index (κ2) is 4.81. The van der Waals surface area contributed by atoms with Crippen LogP contribution in [0.2, 0.25) is 0 Å². The van der Waals surface area contributed by atoms with Crippen molar-refractivity contribution in [2.45, 2.75) is 0 Å². The van der Waals surface area contributed by atoms with Gasteiger partial charge in [-0.25, -0.2) is 0 Å². The highest BCUT2D eigenvalue weighted by atomic mass is 32.2. The minimum Gasteiger partial charge on any atom is -0.278 e. The zero-order valence-electron chi connectivity index (χ0n) is 8.46. The second-order valence-electron chi connectivity index (χ2n) is 3.15. The Balaban J connectivity index is 2.26. The Labute approximate surface area is 97.6 Å². The van der Waals surface area contributed by atoms with Crippen LogP contribution in [0.25, 0.3) is 0 Å². The fourth-order valence-electron chi connectivity index (χ4n) is 1.38. The lowest BCUT2D eigenvalue weighted by atomic mass is 10.2. The van der Waals surface area contributed by atoms with Crippen LogP contribution >= 0.6 is 11.8 Å². The summed E-state index contributed by atoms with van der Waals surface area (Å²) in [6.45, 7) is 0.751. The van der Waals surface area contributed by atoms with Crippen molar-refractivity contribution in [2.75, 3.05) is 17.2 Å². The maximum absolute atomic E-state index is 11.0. The first kappa shape index (κ1) is 10.7. The molecule has 0 fully saturated rings. The van der Waals surface area contributed by atoms with E-state index in [1.54, 1.807) is 36.0 Å². The average Bonchev–Trinajstić information content (AvgIpc) is 2.85. The molecule has 1 aromatic rings. The molecule has 0 saturated carbocycles. The van der Waals surface area contributed by atoms with Crippen molar-refractivity contribution in [1.29, 1.82) is 5.26 Å². The van der Waals surface area contributed by atoms with Gasteiger partial charge in [0.2, 0.25) is 6.41 Å². The van der Waals surface area contributed by atoms with Crippen molar-refractivity contribution in [3.8, 4) is 6.07 Å². The molecule has 0 spiro atoms. The van der Waals surface area contributed by atoms with E-state index in [0.29, 0.717) is 5.56 Å². The van der Waals surface area contributed by atoms with Crippen LogP contribution in [0, 0.1) is 11.3 Å². The largest absolute Gasteiger partial charge is 0.278 e. The number of rotatable bonds is 2. The molecule has 1 aliphatic rings. The van der Waals surface area contributed by atoms with Crippen molar-refractivity contribution in [3.63, 3.8) is 0 Å². The van der Waals surface area contributed by atoms with Crippen LogP contribution in [0.4, 0.5) is 5.69 Å². The van der Waals surface area contributed by atoms with Crippen LogP contribution in [0.3, 0.4) is 0 Å². The van der Waals surface area contributed by atoms with Gasteiger partial charge < -0.3 is 0 Å². The van der Waals surface area contributed by atoms with E-state index in [9.17, 15) is 4.79 Å². The van der Waals surface area contributed by atoms with Gasteiger partial charge in [0, 0.05) is 5.75 Å². The first-order valence-electron chi connectivity index (χ1n) is 4.77. The van der Waals surface area contributed by atoms with Crippen molar-refractivity contribution in [3.05, 3.63) is 29.8 Å². The standard InChI is InChI=1S/C11H9N3OS/c12-7-9-1-3-10(4-2-9)14(8-15)11-13-5-6-16-11/h1-4,8H,5-6H2. The zero-order chi connectivity index (χ0) is 11.4. The fourth-order valence-corrected chi connectivity index (χ4v) is 2.22. The maximum Gasteiger partial charge on any atom is 0.220 e. The molecule has 0 unspecified atom stereocenters. The summed E-state index contributed by atoms with van der Waals surface area (Å²) >= 11 is 1.56. The minimum atomic E-state index is 0.579. The number of amides is 1. The monoisotopic (exact) mass is 231 g/mol. The summed E-state index contributed by atoms with van der Waals surface area (Å²) in [7, 11) is 0. The lowest BCUT2D eigenvalue weighted by Crippen LogP contribution is -2.25. The first-order chi connectivity index (χ1) is 7.85. The maximum atomic E-state index is 11.0. The Kier molecular flexibility index (Phi) is 3.22. The molecule has 2 rings (SSSR count). The molecule has 1 aliphatic heterocycles. The number of hydrogen-bond acceptors (Lipinski definition) is 4. The Morgan fingerprint density at radius 2 is 2.19 bits per heavy atom. The number of thioether (sulfide) groups is 1. The van der Waals surface area contributed by atoms with Crippen LogP contribution in [0.5, 0.6) is 0 Å². The van der Waals surface area contributed by atoms with Crippen molar-refractivity contribution in [1.82, 2.24) is 0 Å². The predicted octanol–water partition coefficient (Wildman–Crippen LogP) is 1.62. The zero-order valence-corrected chi connectivity index (χ0v) is 9.28. The van der Waals surface area contributed by atoms with Gasteiger partial charge in [0.15, 0.2) is 5.17 Å². The van der Waals surface area contributed by atoms with Crippen LogP contribution in [0.15, 0.2) is 29.3 Å². The average molecular weight is 231 g/mol. The molecule has 80 valence electrons. The van der Waals surface area contributed by atoms with Gasteiger partial charge >= 0.3 is 0 Å². The molecule has 0 saturated heterocycles. The van der Waals surface area contributed by atoms with Gasteiger partial charge in [0.25, 0.3) is 0 Å². The second-order valence-corrected chi connectivity index (χ2v) is 4.21. The fraction of sp³-hybridized carbons (Fsp3) is 0.182.